The van der Waals surface area contributed by atoms with E-state index in [9.17, 15) is 0 Å². The Labute approximate surface area is 121 Å². The molecule has 0 aliphatic carbocycles. The first-order valence-electron chi connectivity index (χ1n) is 6.72. The van der Waals surface area contributed by atoms with E-state index in [-0.39, 0.29) is 6.01 Å². The highest BCUT2D eigenvalue weighted by molar-refractivity contribution is 5.82. The standard InChI is InChI=1S/C16H14N4O/c1-9-5-15-18-7-10(2)20(15)8-12(9)11-3-4-14-13(6-11)19-16(17)21-14/h3-8H,1-2H3,(H2,17,19). The number of aromatic nitrogens is 3. The van der Waals surface area contributed by atoms with E-state index in [4.69, 9.17) is 10.2 Å². The Hall–Kier alpha value is -2.82. The summed E-state index contributed by atoms with van der Waals surface area (Å²) in [6, 6.07) is 8.20. The van der Waals surface area contributed by atoms with Crippen LogP contribution in [0.4, 0.5) is 6.01 Å². The van der Waals surface area contributed by atoms with E-state index in [1.807, 2.05) is 31.3 Å². The number of imidazole rings is 1. The molecule has 0 unspecified atom stereocenters. The minimum atomic E-state index is 0.194. The molecule has 104 valence electrons. The predicted molar refractivity (Wildman–Crippen MR) is 82.1 cm³/mol. The predicted octanol–water partition coefficient (Wildman–Crippen LogP) is 3.34. The number of nitrogens with zero attached hydrogens (tertiary/aromatic N) is 3. The van der Waals surface area contributed by atoms with Crippen LogP contribution in [0.25, 0.3) is 27.9 Å². The number of nitrogens with two attached hydrogens (primary N) is 1. The lowest BCUT2D eigenvalue weighted by Crippen LogP contribution is -1.92. The van der Waals surface area contributed by atoms with Crippen LogP contribution in [0.1, 0.15) is 11.3 Å². The first-order chi connectivity index (χ1) is 10.1. The highest BCUT2D eigenvalue weighted by Crippen LogP contribution is 2.28. The molecule has 4 rings (SSSR count). The molecule has 0 saturated carbocycles. The number of hydrogen-bond donors (Lipinski definition) is 1. The Morgan fingerprint density at radius 2 is 2.05 bits per heavy atom. The van der Waals surface area contributed by atoms with E-state index in [2.05, 4.69) is 33.6 Å². The van der Waals surface area contributed by atoms with E-state index < -0.39 is 0 Å². The second-order valence-electron chi connectivity index (χ2n) is 5.23. The number of anilines is 1. The van der Waals surface area contributed by atoms with Crippen LogP contribution in [0.15, 0.2) is 41.1 Å². The van der Waals surface area contributed by atoms with Gasteiger partial charge in [0.05, 0.1) is 0 Å². The van der Waals surface area contributed by atoms with Crippen molar-refractivity contribution in [2.45, 2.75) is 13.8 Å². The van der Waals surface area contributed by atoms with E-state index in [1.54, 1.807) is 0 Å². The van der Waals surface area contributed by atoms with Gasteiger partial charge in [0, 0.05) is 23.7 Å². The molecule has 0 atom stereocenters. The lowest BCUT2D eigenvalue weighted by molar-refractivity contribution is 0.626. The Morgan fingerprint density at radius 3 is 2.90 bits per heavy atom. The topological polar surface area (TPSA) is 69.3 Å². The highest BCUT2D eigenvalue weighted by Gasteiger charge is 2.09. The summed E-state index contributed by atoms with van der Waals surface area (Å²) >= 11 is 0. The third kappa shape index (κ3) is 1.78. The summed E-state index contributed by atoms with van der Waals surface area (Å²) in [4.78, 5) is 8.58. The Balaban J connectivity index is 1.97. The van der Waals surface area contributed by atoms with Gasteiger partial charge in [-0.15, -0.1) is 0 Å². The summed E-state index contributed by atoms with van der Waals surface area (Å²) in [7, 11) is 0. The van der Waals surface area contributed by atoms with Crippen molar-refractivity contribution in [3.63, 3.8) is 0 Å². The van der Waals surface area contributed by atoms with Gasteiger partial charge in [-0.25, -0.2) is 4.98 Å². The molecule has 4 aromatic rings. The molecule has 2 N–H and O–H groups in total. The number of aryl methyl sites for hydroxylation is 2. The van der Waals surface area contributed by atoms with Gasteiger partial charge in [0.15, 0.2) is 5.58 Å². The first-order valence-corrected chi connectivity index (χ1v) is 6.72. The molecule has 1 aromatic carbocycles. The van der Waals surface area contributed by atoms with Crippen LogP contribution in [0, 0.1) is 13.8 Å². The van der Waals surface area contributed by atoms with E-state index in [0.29, 0.717) is 5.58 Å². The van der Waals surface area contributed by atoms with E-state index >= 15 is 0 Å². The molecular weight excluding hydrogens is 264 g/mol. The Bertz CT molecular complexity index is 981. The average molecular weight is 278 g/mol. The molecule has 5 nitrogen and oxygen atoms in total. The lowest BCUT2D eigenvalue weighted by atomic mass is 10.0. The fraction of sp³-hybridized carbons (Fsp3) is 0.125. The smallest absolute Gasteiger partial charge is 0.292 e. The molecule has 3 heterocycles. The zero-order valence-electron chi connectivity index (χ0n) is 11.8. The molecule has 5 heteroatoms. The van der Waals surface area contributed by atoms with Crippen molar-refractivity contribution in [2.75, 3.05) is 5.73 Å². The summed E-state index contributed by atoms with van der Waals surface area (Å²) in [6.45, 7) is 4.13. The summed E-state index contributed by atoms with van der Waals surface area (Å²) in [5.74, 6) is 0. The maximum Gasteiger partial charge on any atom is 0.292 e. The quantitative estimate of drug-likeness (QED) is 0.579. The molecule has 0 radical (unpaired) electrons. The second kappa shape index (κ2) is 4.09. The van der Waals surface area contributed by atoms with Gasteiger partial charge in [0.1, 0.15) is 11.2 Å². The van der Waals surface area contributed by atoms with E-state index in [0.717, 1.165) is 28.0 Å². The molecule has 0 fully saturated rings. The number of pyridine rings is 1. The Kier molecular flexibility index (Phi) is 2.33. The number of nitrogen functional groups attached to an aromatic ring is 1. The lowest BCUT2D eigenvalue weighted by Gasteiger charge is -2.08. The average Bonchev–Trinajstić information content (AvgIpc) is 2.99. The summed E-state index contributed by atoms with van der Waals surface area (Å²) in [5.41, 5.74) is 12.5. The number of rotatable bonds is 1. The van der Waals surface area contributed by atoms with Gasteiger partial charge in [-0.2, -0.15) is 4.98 Å². The van der Waals surface area contributed by atoms with Crippen molar-refractivity contribution in [1.82, 2.24) is 14.4 Å². The van der Waals surface area contributed by atoms with Gasteiger partial charge in [0.2, 0.25) is 0 Å². The molecule has 3 aromatic heterocycles. The van der Waals surface area contributed by atoms with Crippen LogP contribution in [0.5, 0.6) is 0 Å². The zero-order valence-corrected chi connectivity index (χ0v) is 11.8. The molecule has 21 heavy (non-hydrogen) atoms. The van der Waals surface area contributed by atoms with Crippen molar-refractivity contribution in [3.05, 3.63) is 47.9 Å². The van der Waals surface area contributed by atoms with Crippen LogP contribution in [-0.2, 0) is 0 Å². The third-order valence-electron chi connectivity index (χ3n) is 3.75. The highest BCUT2D eigenvalue weighted by atomic mass is 16.4. The van der Waals surface area contributed by atoms with Crippen LogP contribution in [0.2, 0.25) is 0 Å². The van der Waals surface area contributed by atoms with Crippen LogP contribution < -0.4 is 5.73 Å². The van der Waals surface area contributed by atoms with Gasteiger partial charge in [0.25, 0.3) is 6.01 Å². The molecule has 0 spiro atoms. The second-order valence-corrected chi connectivity index (χ2v) is 5.23. The monoisotopic (exact) mass is 278 g/mol. The number of oxazole rings is 1. The maximum absolute atomic E-state index is 5.60. The summed E-state index contributed by atoms with van der Waals surface area (Å²) < 4.78 is 7.40. The largest absolute Gasteiger partial charge is 0.424 e. The van der Waals surface area contributed by atoms with Gasteiger partial charge in [-0.05, 0) is 43.2 Å². The molecule has 0 bridgehead atoms. The number of fused-ring (bicyclic) bond motifs is 2. The van der Waals surface area contributed by atoms with E-state index in [1.165, 1.54) is 5.56 Å². The van der Waals surface area contributed by atoms with Crippen LogP contribution >= 0.6 is 0 Å². The first kappa shape index (κ1) is 12.0. The van der Waals surface area contributed by atoms with Crippen molar-refractivity contribution in [2.24, 2.45) is 0 Å². The van der Waals surface area contributed by atoms with Crippen molar-refractivity contribution >= 4 is 22.8 Å². The minimum absolute atomic E-state index is 0.194. The van der Waals surface area contributed by atoms with Crippen molar-refractivity contribution in [1.29, 1.82) is 0 Å². The SMILES string of the molecule is Cc1cc2ncc(C)n2cc1-c1ccc2oc(N)nc2c1. The number of hydrogen-bond acceptors (Lipinski definition) is 4. The van der Waals surface area contributed by atoms with Crippen LogP contribution in [0.3, 0.4) is 0 Å². The fourth-order valence-electron chi connectivity index (χ4n) is 2.66. The van der Waals surface area contributed by atoms with Crippen LogP contribution in [-0.4, -0.2) is 14.4 Å². The number of benzene rings is 1. The van der Waals surface area contributed by atoms with Crippen molar-refractivity contribution < 1.29 is 4.42 Å². The maximum atomic E-state index is 5.60. The Morgan fingerprint density at radius 1 is 1.19 bits per heavy atom. The van der Waals surface area contributed by atoms with Gasteiger partial charge in [-0.3, -0.25) is 0 Å². The molecule has 0 saturated heterocycles. The molecule has 0 amide bonds. The van der Waals surface area contributed by atoms with Crippen molar-refractivity contribution in [3.8, 4) is 11.1 Å². The zero-order chi connectivity index (χ0) is 14.6. The summed E-state index contributed by atoms with van der Waals surface area (Å²) in [6.07, 6.45) is 3.98. The molecule has 0 aliphatic heterocycles. The molecule has 0 aliphatic rings. The fourth-order valence-corrected chi connectivity index (χ4v) is 2.66. The van der Waals surface area contributed by atoms with Gasteiger partial charge in [-0.1, -0.05) is 6.07 Å². The normalized spacial score (nSPS) is 11.5. The molecular formula is C16H14N4O. The minimum Gasteiger partial charge on any atom is -0.424 e. The third-order valence-corrected chi connectivity index (χ3v) is 3.75. The van der Waals surface area contributed by atoms with Gasteiger partial charge >= 0.3 is 0 Å². The summed E-state index contributed by atoms with van der Waals surface area (Å²) in [5, 5.41) is 0. The van der Waals surface area contributed by atoms with Gasteiger partial charge < -0.3 is 14.6 Å².